The Morgan fingerprint density at radius 3 is 2.28 bits per heavy atom. The predicted molar refractivity (Wildman–Crippen MR) is 111 cm³/mol. The summed E-state index contributed by atoms with van der Waals surface area (Å²) in [6, 6.07) is 5.20. The van der Waals surface area contributed by atoms with Crippen LogP contribution in [0.5, 0.6) is 0 Å². The lowest BCUT2D eigenvalue weighted by atomic mass is 9.98. The van der Waals surface area contributed by atoms with Crippen molar-refractivity contribution in [3.05, 3.63) is 24.3 Å². The minimum absolute atomic E-state index is 0.0241. The van der Waals surface area contributed by atoms with Gasteiger partial charge in [-0.3, -0.25) is 4.79 Å². The van der Waals surface area contributed by atoms with Crippen LogP contribution in [-0.2, 0) is 24.8 Å². The third kappa shape index (κ3) is 5.78. The lowest BCUT2D eigenvalue weighted by Gasteiger charge is -2.31. The Balaban J connectivity index is 2.11. The molecule has 29 heavy (non-hydrogen) atoms. The molecular formula is C19H31N3O5S2. The molecule has 1 aliphatic rings. The molecule has 0 spiro atoms. The van der Waals surface area contributed by atoms with Crippen LogP contribution in [-0.4, -0.2) is 65.1 Å². The quantitative estimate of drug-likeness (QED) is 0.653. The molecule has 0 aliphatic carbocycles. The SMILES string of the molecule is CC(C)CCNC(=O)[C@@H]1CCCN(S(=O)(=O)c2ccc(S(=O)(=O)N(C)C)cc2)C1. The van der Waals surface area contributed by atoms with Crippen molar-refractivity contribution < 1.29 is 21.6 Å². The topological polar surface area (TPSA) is 104 Å². The molecule has 1 fully saturated rings. The molecule has 0 bridgehead atoms. The smallest absolute Gasteiger partial charge is 0.243 e. The molecule has 1 aliphatic heterocycles. The van der Waals surface area contributed by atoms with E-state index in [0.717, 1.165) is 10.7 Å². The molecule has 1 amide bonds. The van der Waals surface area contributed by atoms with Gasteiger partial charge < -0.3 is 5.32 Å². The van der Waals surface area contributed by atoms with E-state index in [2.05, 4.69) is 19.2 Å². The molecule has 10 heteroatoms. The zero-order chi connectivity index (χ0) is 21.8. The number of amides is 1. The second kappa shape index (κ2) is 9.55. The molecule has 1 aromatic rings. The van der Waals surface area contributed by atoms with E-state index < -0.39 is 20.0 Å². The number of hydrogen-bond donors (Lipinski definition) is 1. The van der Waals surface area contributed by atoms with Crippen LogP contribution < -0.4 is 5.32 Å². The normalized spacial score (nSPS) is 18.9. The summed E-state index contributed by atoms with van der Waals surface area (Å²) in [6.07, 6.45) is 2.14. The largest absolute Gasteiger partial charge is 0.356 e. The van der Waals surface area contributed by atoms with Crippen molar-refractivity contribution >= 4 is 26.0 Å². The Kier molecular flexibility index (Phi) is 7.83. The average Bonchev–Trinajstić information content (AvgIpc) is 2.67. The molecule has 0 saturated carbocycles. The Bertz CT molecular complexity index is 910. The van der Waals surface area contributed by atoms with Crippen LogP contribution in [0.1, 0.15) is 33.1 Å². The lowest BCUT2D eigenvalue weighted by Crippen LogP contribution is -2.45. The summed E-state index contributed by atoms with van der Waals surface area (Å²) < 4.78 is 52.7. The summed E-state index contributed by atoms with van der Waals surface area (Å²) in [7, 11) is -4.59. The highest BCUT2D eigenvalue weighted by molar-refractivity contribution is 7.89. The van der Waals surface area contributed by atoms with Crippen molar-refractivity contribution in [2.24, 2.45) is 11.8 Å². The van der Waals surface area contributed by atoms with Gasteiger partial charge in [0.25, 0.3) is 0 Å². The number of piperidine rings is 1. The first-order chi connectivity index (χ1) is 13.5. The fourth-order valence-corrected chi connectivity index (χ4v) is 5.57. The van der Waals surface area contributed by atoms with Crippen LogP contribution in [0.2, 0.25) is 0 Å². The summed E-state index contributed by atoms with van der Waals surface area (Å²) in [5.74, 6) is -0.00475. The van der Waals surface area contributed by atoms with Gasteiger partial charge in [0.05, 0.1) is 15.7 Å². The number of rotatable bonds is 8. The van der Waals surface area contributed by atoms with Gasteiger partial charge in [-0.25, -0.2) is 21.1 Å². The maximum absolute atomic E-state index is 13.0. The minimum Gasteiger partial charge on any atom is -0.356 e. The fourth-order valence-electron chi connectivity index (χ4n) is 3.15. The third-order valence-electron chi connectivity index (χ3n) is 5.02. The summed E-state index contributed by atoms with van der Waals surface area (Å²) in [4.78, 5) is 12.5. The monoisotopic (exact) mass is 445 g/mol. The highest BCUT2D eigenvalue weighted by Gasteiger charge is 2.33. The zero-order valence-corrected chi connectivity index (χ0v) is 19.1. The van der Waals surface area contributed by atoms with E-state index >= 15 is 0 Å². The summed E-state index contributed by atoms with van der Waals surface area (Å²) in [5.41, 5.74) is 0. The molecule has 0 unspecified atom stereocenters. The van der Waals surface area contributed by atoms with Gasteiger partial charge in [0.1, 0.15) is 0 Å². The number of nitrogens with one attached hydrogen (secondary N) is 1. The molecule has 1 atom stereocenters. The van der Waals surface area contributed by atoms with Crippen molar-refractivity contribution in [2.45, 2.75) is 42.9 Å². The van der Waals surface area contributed by atoms with E-state index in [1.54, 1.807) is 0 Å². The van der Waals surface area contributed by atoms with Crippen molar-refractivity contribution in [2.75, 3.05) is 33.7 Å². The third-order valence-corrected chi connectivity index (χ3v) is 8.72. The molecule has 1 heterocycles. The van der Waals surface area contributed by atoms with Crippen molar-refractivity contribution in [3.63, 3.8) is 0 Å². The highest BCUT2D eigenvalue weighted by Crippen LogP contribution is 2.25. The molecule has 1 aromatic carbocycles. The Hall–Kier alpha value is -1.49. The number of sulfonamides is 2. The van der Waals surface area contributed by atoms with Gasteiger partial charge in [0.15, 0.2) is 0 Å². The Morgan fingerprint density at radius 1 is 1.14 bits per heavy atom. The first kappa shape index (κ1) is 23.8. The first-order valence-corrected chi connectivity index (χ1v) is 12.6. The highest BCUT2D eigenvalue weighted by atomic mass is 32.2. The molecule has 164 valence electrons. The van der Waals surface area contributed by atoms with Gasteiger partial charge in [-0.05, 0) is 49.4 Å². The molecule has 0 aromatic heterocycles. The van der Waals surface area contributed by atoms with Gasteiger partial charge in [-0.1, -0.05) is 13.8 Å². The van der Waals surface area contributed by atoms with E-state index in [-0.39, 0.29) is 28.2 Å². The predicted octanol–water partition coefficient (Wildman–Crippen LogP) is 1.50. The van der Waals surface area contributed by atoms with E-state index in [9.17, 15) is 21.6 Å². The van der Waals surface area contributed by atoms with E-state index in [1.807, 2.05) is 0 Å². The molecule has 8 nitrogen and oxygen atoms in total. The number of carbonyl (C=O) groups is 1. The Morgan fingerprint density at radius 2 is 1.72 bits per heavy atom. The molecule has 1 saturated heterocycles. The van der Waals surface area contributed by atoms with Gasteiger partial charge >= 0.3 is 0 Å². The Labute approximate surface area is 174 Å². The van der Waals surface area contributed by atoms with E-state index in [4.69, 9.17) is 0 Å². The number of hydrogen-bond acceptors (Lipinski definition) is 5. The van der Waals surface area contributed by atoms with Crippen LogP contribution in [0.3, 0.4) is 0 Å². The van der Waals surface area contributed by atoms with Crippen molar-refractivity contribution in [1.82, 2.24) is 13.9 Å². The second-order valence-electron chi connectivity index (χ2n) is 7.93. The maximum Gasteiger partial charge on any atom is 0.243 e. The van der Waals surface area contributed by atoms with Gasteiger partial charge in [-0.2, -0.15) is 4.31 Å². The van der Waals surface area contributed by atoms with Crippen LogP contribution in [0.25, 0.3) is 0 Å². The van der Waals surface area contributed by atoms with E-state index in [1.165, 1.54) is 42.7 Å². The standard InChI is InChI=1S/C19H31N3O5S2/c1-15(2)11-12-20-19(23)16-6-5-13-22(14-16)29(26,27)18-9-7-17(8-10-18)28(24,25)21(3)4/h7-10,15-16H,5-6,11-14H2,1-4H3,(H,20,23)/t16-/m1/s1. The number of benzene rings is 1. The van der Waals surface area contributed by atoms with Gasteiger partial charge in [0, 0.05) is 33.7 Å². The van der Waals surface area contributed by atoms with Crippen LogP contribution in [0.15, 0.2) is 34.1 Å². The zero-order valence-electron chi connectivity index (χ0n) is 17.5. The molecular weight excluding hydrogens is 414 g/mol. The maximum atomic E-state index is 13.0. The summed E-state index contributed by atoms with van der Waals surface area (Å²) >= 11 is 0. The molecule has 2 rings (SSSR count). The van der Waals surface area contributed by atoms with Crippen molar-refractivity contribution in [3.8, 4) is 0 Å². The van der Waals surface area contributed by atoms with Crippen LogP contribution in [0.4, 0.5) is 0 Å². The summed E-state index contributed by atoms with van der Waals surface area (Å²) in [6.45, 7) is 5.22. The molecule has 1 N–H and O–H groups in total. The van der Waals surface area contributed by atoms with Gasteiger partial charge in [0.2, 0.25) is 26.0 Å². The van der Waals surface area contributed by atoms with Crippen LogP contribution >= 0.6 is 0 Å². The number of nitrogens with zero attached hydrogens (tertiary/aromatic N) is 2. The fraction of sp³-hybridized carbons (Fsp3) is 0.632. The van der Waals surface area contributed by atoms with Crippen LogP contribution in [0, 0.1) is 11.8 Å². The number of carbonyl (C=O) groups excluding carboxylic acids is 1. The average molecular weight is 446 g/mol. The lowest BCUT2D eigenvalue weighted by molar-refractivity contribution is -0.126. The van der Waals surface area contributed by atoms with E-state index in [0.29, 0.717) is 31.8 Å². The minimum atomic E-state index is -3.80. The second-order valence-corrected chi connectivity index (χ2v) is 12.0. The van der Waals surface area contributed by atoms with Gasteiger partial charge in [-0.15, -0.1) is 0 Å². The summed E-state index contributed by atoms with van der Waals surface area (Å²) in [5, 5.41) is 2.90. The molecule has 0 radical (unpaired) electrons. The van der Waals surface area contributed by atoms with Crippen molar-refractivity contribution in [1.29, 1.82) is 0 Å². The first-order valence-electron chi connectivity index (χ1n) is 9.76.